The maximum absolute atomic E-state index is 12.3. The van der Waals surface area contributed by atoms with E-state index < -0.39 is 0 Å². The lowest BCUT2D eigenvalue weighted by atomic mass is 9.78. The number of carbonyl (C=O) groups excluding carboxylic acids is 1. The molecule has 0 bridgehead atoms. The first-order chi connectivity index (χ1) is 10.1. The highest BCUT2D eigenvalue weighted by atomic mass is 32.1. The highest BCUT2D eigenvalue weighted by Gasteiger charge is 2.30. The summed E-state index contributed by atoms with van der Waals surface area (Å²) < 4.78 is 0. The van der Waals surface area contributed by atoms with Gasteiger partial charge in [0.2, 0.25) is 0 Å². The maximum atomic E-state index is 12.3. The number of thiophene rings is 1. The van der Waals surface area contributed by atoms with Gasteiger partial charge in [0.25, 0.3) is 0 Å². The molecule has 1 saturated carbocycles. The molecule has 1 aromatic rings. The van der Waals surface area contributed by atoms with Gasteiger partial charge in [-0.05, 0) is 44.1 Å². The summed E-state index contributed by atoms with van der Waals surface area (Å²) in [6.07, 6.45) is 5.57. The van der Waals surface area contributed by atoms with Crippen LogP contribution in [-0.4, -0.2) is 23.3 Å². The highest BCUT2D eigenvalue weighted by Crippen LogP contribution is 2.31. The van der Waals surface area contributed by atoms with Crippen molar-refractivity contribution < 1.29 is 4.79 Å². The molecular formula is C18H29NOS. The van der Waals surface area contributed by atoms with Crippen LogP contribution in [0.25, 0.3) is 0 Å². The average Bonchev–Trinajstić information content (AvgIpc) is 2.95. The van der Waals surface area contributed by atoms with Gasteiger partial charge in [-0.2, -0.15) is 0 Å². The van der Waals surface area contributed by atoms with Gasteiger partial charge in [-0.1, -0.05) is 25.8 Å². The SMILES string of the molecule is CCCC1CCC(=O)C(CN(Cc2cccs2)C(C)C)C1. The predicted octanol–water partition coefficient (Wildman–Crippen LogP) is 4.74. The molecule has 2 unspecified atom stereocenters. The Morgan fingerprint density at radius 2 is 2.24 bits per heavy atom. The molecule has 2 rings (SSSR count). The number of ketones is 1. The molecule has 0 saturated heterocycles. The molecule has 0 N–H and O–H groups in total. The average molecular weight is 308 g/mol. The van der Waals surface area contributed by atoms with Gasteiger partial charge < -0.3 is 0 Å². The van der Waals surface area contributed by atoms with Crippen LogP contribution >= 0.6 is 11.3 Å². The van der Waals surface area contributed by atoms with Crippen LogP contribution in [-0.2, 0) is 11.3 Å². The van der Waals surface area contributed by atoms with Crippen LogP contribution in [0, 0.1) is 11.8 Å². The van der Waals surface area contributed by atoms with Gasteiger partial charge in [0, 0.05) is 36.3 Å². The second kappa shape index (κ2) is 8.09. The van der Waals surface area contributed by atoms with Gasteiger partial charge in [0.05, 0.1) is 0 Å². The molecule has 118 valence electrons. The summed E-state index contributed by atoms with van der Waals surface area (Å²) in [6.45, 7) is 8.66. The summed E-state index contributed by atoms with van der Waals surface area (Å²) in [5.41, 5.74) is 0. The number of rotatable bonds is 7. The Hall–Kier alpha value is -0.670. The lowest BCUT2D eigenvalue weighted by Crippen LogP contribution is -2.39. The first kappa shape index (κ1) is 16.7. The molecule has 0 amide bonds. The van der Waals surface area contributed by atoms with Crippen LogP contribution in [0.3, 0.4) is 0 Å². The van der Waals surface area contributed by atoms with E-state index in [2.05, 4.69) is 43.2 Å². The van der Waals surface area contributed by atoms with Crippen molar-refractivity contribution in [3.63, 3.8) is 0 Å². The topological polar surface area (TPSA) is 20.3 Å². The maximum Gasteiger partial charge on any atom is 0.137 e. The number of carbonyl (C=O) groups is 1. The third-order valence-corrected chi connectivity index (χ3v) is 5.55. The quantitative estimate of drug-likeness (QED) is 0.725. The van der Waals surface area contributed by atoms with Crippen LogP contribution < -0.4 is 0 Å². The second-order valence-electron chi connectivity index (χ2n) is 6.69. The molecule has 1 fully saturated rings. The fourth-order valence-electron chi connectivity index (χ4n) is 3.39. The molecule has 1 aliphatic rings. The predicted molar refractivity (Wildman–Crippen MR) is 90.6 cm³/mol. The monoisotopic (exact) mass is 307 g/mol. The van der Waals surface area contributed by atoms with Gasteiger partial charge >= 0.3 is 0 Å². The number of hydrogen-bond acceptors (Lipinski definition) is 3. The van der Waals surface area contributed by atoms with Crippen molar-refractivity contribution in [2.24, 2.45) is 11.8 Å². The number of Topliss-reactive ketones (excluding diaryl/α,β-unsaturated/α-hetero) is 1. The lowest BCUT2D eigenvalue weighted by Gasteiger charge is -2.34. The Kier molecular flexibility index (Phi) is 6.43. The van der Waals surface area contributed by atoms with Gasteiger partial charge in [0.1, 0.15) is 5.78 Å². The van der Waals surface area contributed by atoms with Crippen LogP contribution in [0.15, 0.2) is 17.5 Å². The van der Waals surface area contributed by atoms with Crippen LogP contribution in [0.1, 0.15) is 57.8 Å². The third kappa shape index (κ3) is 4.93. The summed E-state index contributed by atoms with van der Waals surface area (Å²) in [5.74, 6) is 1.53. The van der Waals surface area contributed by atoms with Crippen molar-refractivity contribution in [1.82, 2.24) is 4.90 Å². The molecule has 3 heteroatoms. The molecule has 2 nitrogen and oxygen atoms in total. The summed E-state index contributed by atoms with van der Waals surface area (Å²) in [4.78, 5) is 16.2. The lowest BCUT2D eigenvalue weighted by molar-refractivity contribution is -0.126. The molecule has 0 radical (unpaired) electrons. The summed E-state index contributed by atoms with van der Waals surface area (Å²) in [5, 5.41) is 2.14. The smallest absolute Gasteiger partial charge is 0.137 e. The Morgan fingerprint density at radius 3 is 2.86 bits per heavy atom. The number of hydrogen-bond donors (Lipinski definition) is 0. The Bertz CT molecular complexity index is 426. The van der Waals surface area contributed by atoms with Crippen LogP contribution in [0.4, 0.5) is 0 Å². The van der Waals surface area contributed by atoms with Gasteiger partial charge in [-0.25, -0.2) is 0 Å². The van der Waals surface area contributed by atoms with E-state index >= 15 is 0 Å². The van der Waals surface area contributed by atoms with Gasteiger partial charge in [-0.3, -0.25) is 9.69 Å². The first-order valence-electron chi connectivity index (χ1n) is 8.39. The van der Waals surface area contributed by atoms with Crippen molar-refractivity contribution >= 4 is 17.1 Å². The zero-order chi connectivity index (χ0) is 15.2. The molecule has 1 heterocycles. The molecule has 0 aliphatic heterocycles. The van der Waals surface area contributed by atoms with E-state index in [9.17, 15) is 4.79 Å². The van der Waals surface area contributed by atoms with E-state index in [1.807, 2.05) is 11.3 Å². The zero-order valence-corrected chi connectivity index (χ0v) is 14.5. The fraction of sp³-hybridized carbons (Fsp3) is 0.722. The van der Waals surface area contributed by atoms with E-state index in [1.54, 1.807) is 0 Å². The molecule has 0 spiro atoms. The summed E-state index contributed by atoms with van der Waals surface area (Å²) in [6, 6.07) is 4.80. The summed E-state index contributed by atoms with van der Waals surface area (Å²) in [7, 11) is 0. The van der Waals surface area contributed by atoms with Crippen molar-refractivity contribution in [2.45, 2.75) is 65.5 Å². The van der Waals surface area contributed by atoms with E-state index in [4.69, 9.17) is 0 Å². The van der Waals surface area contributed by atoms with Crippen molar-refractivity contribution in [2.75, 3.05) is 6.54 Å². The minimum Gasteiger partial charge on any atom is -0.299 e. The van der Waals surface area contributed by atoms with Gasteiger partial charge in [-0.15, -0.1) is 11.3 Å². The van der Waals surface area contributed by atoms with Gasteiger partial charge in [0.15, 0.2) is 0 Å². The standard InChI is InChI=1S/C18H29NOS/c1-4-6-15-8-9-18(20)16(11-15)12-19(14(2)3)13-17-7-5-10-21-17/h5,7,10,14-16H,4,6,8-9,11-13H2,1-3H3. The van der Waals surface area contributed by atoms with E-state index in [-0.39, 0.29) is 5.92 Å². The van der Waals surface area contributed by atoms with Crippen molar-refractivity contribution in [3.8, 4) is 0 Å². The number of nitrogens with zero attached hydrogens (tertiary/aromatic N) is 1. The van der Waals surface area contributed by atoms with Crippen molar-refractivity contribution in [1.29, 1.82) is 0 Å². The Balaban J connectivity index is 1.96. The fourth-order valence-corrected chi connectivity index (χ4v) is 4.12. The minimum atomic E-state index is 0.262. The molecule has 2 atom stereocenters. The van der Waals surface area contributed by atoms with Crippen molar-refractivity contribution in [3.05, 3.63) is 22.4 Å². The highest BCUT2D eigenvalue weighted by molar-refractivity contribution is 7.09. The van der Waals surface area contributed by atoms with Crippen LogP contribution in [0.2, 0.25) is 0 Å². The third-order valence-electron chi connectivity index (χ3n) is 4.69. The first-order valence-corrected chi connectivity index (χ1v) is 9.27. The minimum absolute atomic E-state index is 0.262. The van der Waals surface area contributed by atoms with Crippen LogP contribution in [0.5, 0.6) is 0 Å². The molecule has 1 aromatic heterocycles. The molecule has 1 aliphatic carbocycles. The normalized spacial score (nSPS) is 23.2. The molecule has 0 aromatic carbocycles. The summed E-state index contributed by atoms with van der Waals surface area (Å²) >= 11 is 1.81. The largest absolute Gasteiger partial charge is 0.299 e. The van der Waals surface area contributed by atoms with E-state index in [0.29, 0.717) is 11.8 Å². The zero-order valence-electron chi connectivity index (χ0n) is 13.7. The molecular weight excluding hydrogens is 278 g/mol. The Morgan fingerprint density at radius 1 is 1.43 bits per heavy atom. The van der Waals surface area contributed by atoms with E-state index in [0.717, 1.165) is 38.3 Å². The Labute approximate surface area is 133 Å². The second-order valence-corrected chi connectivity index (χ2v) is 7.73. The van der Waals surface area contributed by atoms with E-state index in [1.165, 1.54) is 17.7 Å². The molecule has 21 heavy (non-hydrogen) atoms.